The Hall–Kier alpha value is -1.01. The Labute approximate surface area is 194 Å². The first-order valence-corrected chi connectivity index (χ1v) is 10.4. The molecule has 0 aliphatic carbocycles. The Balaban J connectivity index is 0.00000450. The topological polar surface area (TPSA) is 62.0 Å². The summed E-state index contributed by atoms with van der Waals surface area (Å²) in [6.07, 6.45) is 0.918. The number of hydrogen-bond acceptors (Lipinski definition) is 4. The van der Waals surface area contributed by atoms with Gasteiger partial charge in [0, 0.05) is 26.2 Å². The van der Waals surface area contributed by atoms with Crippen LogP contribution in [0.3, 0.4) is 0 Å². The molecule has 0 atom stereocenters. The van der Waals surface area contributed by atoms with Crippen LogP contribution in [0.25, 0.3) is 0 Å². The van der Waals surface area contributed by atoms with Gasteiger partial charge in [-0.05, 0) is 63.7 Å². The number of aliphatic imine (C=N–C) groups is 1. The summed E-state index contributed by atoms with van der Waals surface area (Å²) in [4.78, 5) is 6.04. The number of nitrogens with one attached hydrogen (secondary N) is 2. The third-order valence-electron chi connectivity index (χ3n) is 4.84. The largest absolute Gasteiger partial charge is 0.467 e. The smallest absolute Gasteiger partial charge is 0.401 e. The van der Waals surface area contributed by atoms with Gasteiger partial charge in [-0.1, -0.05) is 0 Å². The summed E-state index contributed by atoms with van der Waals surface area (Å²) in [5.41, 5.74) is 0. The van der Waals surface area contributed by atoms with Gasteiger partial charge < -0.3 is 19.8 Å². The number of furan rings is 1. The van der Waals surface area contributed by atoms with Crippen molar-refractivity contribution in [1.29, 1.82) is 0 Å². The van der Waals surface area contributed by atoms with Crippen LogP contribution in [0.4, 0.5) is 13.2 Å². The van der Waals surface area contributed by atoms with Crippen LogP contribution in [-0.4, -0.2) is 62.9 Å². The summed E-state index contributed by atoms with van der Waals surface area (Å²) in [6.45, 7) is 5.55. The van der Waals surface area contributed by atoms with Gasteiger partial charge in [0.1, 0.15) is 12.4 Å². The van der Waals surface area contributed by atoms with Crippen molar-refractivity contribution >= 4 is 29.9 Å². The van der Waals surface area contributed by atoms with Crippen LogP contribution in [0.2, 0.25) is 0 Å². The van der Waals surface area contributed by atoms with Crippen molar-refractivity contribution in [3.8, 4) is 0 Å². The fourth-order valence-electron chi connectivity index (χ4n) is 3.35. The Morgan fingerprint density at radius 2 is 2.07 bits per heavy atom. The molecule has 30 heavy (non-hydrogen) atoms. The highest BCUT2D eigenvalue weighted by Gasteiger charge is 2.32. The zero-order chi connectivity index (χ0) is 21.0. The average Bonchev–Trinajstić information content (AvgIpc) is 3.18. The first-order chi connectivity index (χ1) is 14.0. The molecule has 0 unspecified atom stereocenters. The number of nitrogens with zero attached hydrogens (tertiary/aromatic N) is 2. The monoisotopic (exact) mass is 546 g/mol. The van der Waals surface area contributed by atoms with Crippen molar-refractivity contribution in [3.63, 3.8) is 0 Å². The van der Waals surface area contributed by atoms with Crippen LogP contribution in [0.15, 0.2) is 27.8 Å². The van der Waals surface area contributed by atoms with Crippen molar-refractivity contribution in [3.05, 3.63) is 24.2 Å². The van der Waals surface area contributed by atoms with E-state index in [1.807, 2.05) is 19.1 Å². The van der Waals surface area contributed by atoms with Gasteiger partial charge in [-0.25, -0.2) is 0 Å². The Bertz CT molecular complexity index is 577. The highest BCUT2D eigenvalue weighted by Crippen LogP contribution is 2.23. The second kappa shape index (κ2) is 14.9. The quantitative estimate of drug-likeness (QED) is 0.190. The van der Waals surface area contributed by atoms with Crippen molar-refractivity contribution in [1.82, 2.24) is 15.5 Å². The van der Waals surface area contributed by atoms with Gasteiger partial charge in [-0.2, -0.15) is 13.2 Å². The molecule has 0 radical (unpaired) electrons. The molecule has 0 aromatic carbocycles. The molecule has 2 N–H and O–H groups in total. The van der Waals surface area contributed by atoms with E-state index in [4.69, 9.17) is 9.15 Å². The van der Waals surface area contributed by atoms with Gasteiger partial charge in [0.05, 0.1) is 12.8 Å². The maximum atomic E-state index is 12.5. The van der Waals surface area contributed by atoms with E-state index >= 15 is 0 Å². The lowest BCUT2D eigenvalue weighted by Gasteiger charge is -2.32. The third kappa shape index (κ3) is 12.0. The van der Waals surface area contributed by atoms with E-state index < -0.39 is 12.7 Å². The van der Waals surface area contributed by atoms with Gasteiger partial charge in [-0.3, -0.25) is 9.89 Å². The lowest BCUT2D eigenvalue weighted by atomic mass is 9.93. The van der Waals surface area contributed by atoms with Crippen molar-refractivity contribution in [2.45, 2.75) is 45.4 Å². The number of ether oxygens (including phenoxy) is 1. The number of alkyl halides is 3. The summed E-state index contributed by atoms with van der Waals surface area (Å²) in [6, 6.07) is 3.72. The molecule has 1 aliphatic heterocycles. The minimum absolute atomic E-state index is 0. The Morgan fingerprint density at radius 3 is 2.70 bits per heavy atom. The van der Waals surface area contributed by atoms with Crippen LogP contribution in [0.1, 0.15) is 38.4 Å². The van der Waals surface area contributed by atoms with Gasteiger partial charge in [0.15, 0.2) is 5.96 Å². The minimum atomic E-state index is -4.10. The van der Waals surface area contributed by atoms with Crippen LogP contribution in [-0.2, 0) is 11.3 Å². The summed E-state index contributed by atoms with van der Waals surface area (Å²) >= 11 is 0. The lowest BCUT2D eigenvalue weighted by Crippen LogP contribution is -2.41. The number of halogens is 4. The van der Waals surface area contributed by atoms with Crippen LogP contribution in [0.5, 0.6) is 0 Å². The number of piperidine rings is 1. The molecule has 1 fully saturated rings. The van der Waals surface area contributed by atoms with Gasteiger partial charge in [0.2, 0.25) is 0 Å². The Kier molecular flexibility index (Phi) is 13.4. The lowest BCUT2D eigenvalue weighted by molar-refractivity contribution is -0.148. The normalized spacial score (nSPS) is 16.3. The first-order valence-electron chi connectivity index (χ1n) is 10.4. The summed E-state index contributed by atoms with van der Waals surface area (Å²) in [7, 11) is 0. The summed E-state index contributed by atoms with van der Waals surface area (Å²) < 4.78 is 48.1. The van der Waals surface area contributed by atoms with E-state index in [0.29, 0.717) is 38.8 Å². The fraction of sp³-hybridized carbons (Fsp3) is 0.750. The van der Waals surface area contributed by atoms with Crippen LogP contribution in [0, 0.1) is 5.92 Å². The average molecular weight is 546 g/mol. The molecular weight excluding hydrogens is 512 g/mol. The van der Waals surface area contributed by atoms with Crippen LogP contribution >= 0.6 is 24.0 Å². The maximum Gasteiger partial charge on any atom is 0.401 e. The molecule has 0 amide bonds. The molecule has 2 heterocycles. The van der Waals surface area contributed by atoms with E-state index in [1.54, 1.807) is 6.26 Å². The van der Waals surface area contributed by atoms with E-state index in [0.717, 1.165) is 50.5 Å². The molecule has 1 saturated heterocycles. The molecule has 0 spiro atoms. The maximum absolute atomic E-state index is 12.5. The predicted octanol–water partition coefficient (Wildman–Crippen LogP) is 4.02. The molecule has 174 valence electrons. The standard InChI is InChI=1S/C20H33F3N4O2.HI/c1-2-24-19(25-9-4-13-28-15-18-5-3-14-29-18)26-10-6-17-7-11-27(12-8-17)16-20(21,22)23;/h3,5,14,17H,2,4,6-13,15-16H2,1H3,(H2,24,25,26);1H. The van der Waals surface area contributed by atoms with Gasteiger partial charge in [0.25, 0.3) is 0 Å². The second-order valence-corrected chi connectivity index (χ2v) is 7.30. The van der Waals surface area contributed by atoms with Crippen molar-refractivity contribution in [2.75, 3.05) is 45.9 Å². The first kappa shape index (κ1) is 27.0. The zero-order valence-corrected chi connectivity index (χ0v) is 19.9. The van der Waals surface area contributed by atoms with Crippen LogP contribution < -0.4 is 10.6 Å². The molecule has 6 nitrogen and oxygen atoms in total. The molecule has 1 aromatic heterocycles. The predicted molar refractivity (Wildman–Crippen MR) is 122 cm³/mol. The van der Waals surface area contributed by atoms with Gasteiger partial charge >= 0.3 is 6.18 Å². The summed E-state index contributed by atoms with van der Waals surface area (Å²) in [5.74, 6) is 2.05. The molecule has 1 aliphatic rings. The minimum Gasteiger partial charge on any atom is -0.467 e. The van der Waals surface area contributed by atoms with E-state index in [1.165, 1.54) is 4.90 Å². The SMILES string of the molecule is CCNC(=NCCCOCc1ccco1)NCCC1CCN(CC(F)(F)F)CC1.I. The van der Waals surface area contributed by atoms with Gasteiger partial charge in [-0.15, -0.1) is 24.0 Å². The summed E-state index contributed by atoms with van der Waals surface area (Å²) in [5, 5.41) is 6.54. The molecule has 10 heteroatoms. The molecule has 2 rings (SSSR count). The molecule has 0 saturated carbocycles. The number of guanidine groups is 1. The molecule has 1 aromatic rings. The third-order valence-corrected chi connectivity index (χ3v) is 4.84. The second-order valence-electron chi connectivity index (χ2n) is 7.30. The number of hydrogen-bond donors (Lipinski definition) is 2. The highest BCUT2D eigenvalue weighted by atomic mass is 127. The number of rotatable bonds is 11. The van der Waals surface area contributed by atoms with E-state index in [2.05, 4.69) is 15.6 Å². The molecule has 0 bridgehead atoms. The molecular formula is C20H34F3IN4O2. The highest BCUT2D eigenvalue weighted by molar-refractivity contribution is 14.0. The van der Waals surface area contributed by atoms with Crippen molar-refractivity contribution in [2.24, 2.45) is 10.9 Å². The Morgan fingerprint density at radius 1 is 1.30 bits per heavy atom. The van der Waals surface area contributed by atoms with E-state index in [9.17, 15) is 13.2 Å². The number of likely N-dealkylation sites (tertiary alicyclic amines) is 1. The fourth-order valence-corrected chi connectivity index (χ4v) is 3.35. The van der Waals surface area contributed by atoms with E-state index in [-0.39, 0.29) is 24.0 Å². The zero-order valence-electron chi connectivity index (χ0n) is 17.5. The van der Waals surface area contributed by atoms with Crippen molar-refractivity contribution < 1.29 is 22.3 Å².